The van der Waals surface area contributed by atoms with Gasteiger partial charge in [0.15, 0.2) is 5.75 Å². The van der Waals surface area contributed by atoms with E-state index < -0.39 is 15.8 Å². The van der Waals surface area contributed by atoms with E-state index in [1.54, 1.807) is 13.1 Å². The fourth-order valence-corrected chi connectivity index (χ4v) is 2.89. The highest BCUT2D eigenvalue weighted by molar-refractivity contribution is 7.89. The maximum atomic E-state index is 11.5. The van der Waals surface area contributed by atoms with Crippen LogP contribution in [0.4, 0.5) is 0 Å². The minimum atomic E-state index is -3.34. The van der Waals surface area contributed by atoms with Gasteiger partial charge < -0.3 is 0 Å². The van der Waals surface area contributed by atoms with Gasteiger partial charge in [-0.2, -0.15) is 5.26 Å². The lowest BCUT2D eigenvalue weighted by atomic mass is 9.96. The van der Waals surface area contributed by atoms with Crippen LogP contribution in [0.25, 0.3) is 0 Å². The van der Waals surface area contributed by atoms with Gasteiger partial charge in [-0.25, -0.2) is 12.7 Å². The highest BCUT2D eigenvalue weighted by Crippen LogP contribution is 2.23. The Morgan fingerprint density at radius 1 is 1.36 bits per heavy atom. The van der Waals surface area contributed by atoms with Crippen LogP contribution in [0.2, 0.25) is 0 Å². The molecular formula is C9H16N2O2S. The van der Waals surface area contributed by atoms with E-state index in [4.69, 9.17) is 5.26 Å². The maximum absolute atomic E-state index is 11.5. The molecule has 0 spiro atoms. The molecule has 0 N–H and O–H groups in total. The SMILES string of the molecule is CN(C1CCCCC1)S(=O)(=O)CC#N. The first-order valence-corrected chi connectivity index (χ1v) is 6.51. The quantitative estimate of drug-likeness (QED) is 0.710. The Kier molecular flexibility index (Phi) is 3.90. The zero-order chi connectivity index (χ0) is 10.6. The highest BCUT2D eigenvalue weighted by Gasteiger charge is 2.26. The van der Waals surface area contributed by atoms with E-state index in [9.17, 15) is 8.42 Å². The van der Waals surface area contributed by atoms with Crippen molar-refractivity contribution in [2.75, 3.05) is 12.8 Å². The maximum Gasteiger partial charge on any atom is 0.227 e. The van der Waals surface area contributed by atoms with Gasteiger partial charge in [0.1, 0.15) is 0 Å². The van der Waals surface area contributed by atoms with Crippen molar-refractivity contribution in [3.63, 3.8) is 0 Å². The summed E-state index contributed by atoms with van der Waals surface area (Å²) in [5, 5.41) is 8.39. The second kappa shape index (κ2) is 4.76. The zero-order valence-corrected chi connectivity index (χ0v) is 9.26. The van der Waals surface area contributed by atoms with Crippen molar-refractivity contribution in [3.05, 3.63) is 0 Å². The number of nitrogens with zero attached hydrogens (tertiary/aromatic N) is 2. The lowest BCUT2D eigenvalue weighted by Crippen LogP contribution is -2.39. The molecule has 0 saturated heterocycles. The molecule has 5 heteroatoms. The van der Waals surface area contributed by atoms with Gasteiger partial charge in [0.25, 0.3) is 0 Å². The molecule has 80 valence electrons. The van der Waals surface area contributed by atoms with Crippen molar-refractivity contribution in [2.45, 2.75) is 38.1 Å². The molecule has 0 atom stereocenters. The topological polar surface area (TPSA) is 61.2 Å². The molecule has 0 unspecified atom stereocenters. The lowest BCUT2D eigenvalue weighted by Gasteiger charge is -2.29. The summed E-state index contributed by atoms with van der Waals surface area (Å²) in [4.78, 5) is 0. The van der Waals surface area contributed by atoms with Gasteiger partial charge in [0.2, 0.25) is 10.0 Å². The molecule has 0 amide bonds. The molecule has 1 saturated carbocycles. The summed E-state index contributed by atoms with van der Waals surface area (Å²) < 4.78 is 24.5. The van der Waals surface area contributed by atoms with Crippen LogP contribution in [0.3, 0.4) is 0 Å². The van der Waals surface area contributed by atoms with Crippen molar-refractivity contribution in [3.8, 4) is 6.07 Å². The van der Waals surface area contributed by atoms with E-state index in [0.29, 0.717) is 0 Å². The summed E-state index contributed by atoms with van der Waals surface area (Å²) in [6, 6.07) is 1.81. The van der Waals surface area contributed by atoms with Gasteiger partial charge in [-0.3, -0.25) is 0 Å². The third-order valence-corrected chi connectivity index (χ3v) is 4.44. The van der Waals surface area contributed by atoms with E-state index in [0.717, 1.165) is 25.7 Å². The number of hydrogen-bond donors (Lipinski definition) is 0. The van der Waals surface area contributed by atoms with Crippen LogP contribution in [0.15, 0.2) is 0 Å². The fraction of sp³-hybridized carbons (Fsp3) is 0.889. The summed E-state index contributed by atoms with van der Waals surface area (Å²) in [6.07, 6.45) is 5.25. The van der Waals surface area contributed by atoms with Gasteiger partial charge in [-0.15, -0.1) is 0 Å². The minimum absolute atomic E-state index is 0.113. The second-order valence-electron chi connectivity index (χ2n) is 3.72. The second-order valence-corrected chi connectivity index (χ2v) is 5.75. The summed E-state index contributed by atoms with van der Waals surface area (Å²) in [5.41, 5.74) is 0. The van der Waals surface area contributed by atoms with Crippen molar-refractivity contribution in [1.82, 2.24) is 4.31 Å². The van der Waals surface area contributed by atoms with Crippen LogP contribution in [0.1, 0.15) is 32.1 Å². The van der Waals surface area contributed by atoms with Crippen molar-refractivity contribution in [2.24, 2.45) is 0 Å². The normalized spacial score (nSPS) is 19.5. The molecule has 0 aromatic carbocycles. The number of hydrogen-bond acceptors (Lipinski definition) is 3. The molecule has 4 nitrogen and oxygen atoms in total. The average Bonchev–Trinajstić information content (AvgIpc) is 2.18. The monoisotopic (exact) mass is 216 g/mol. The Hall–Kier alpha value is -0.600. The Morgan fingerprint density at radius 3 is 2.43 bits per heavy atom. The van der Waals surface area contributed by atoms with Crippen molar-refractivity contribution < 1.29 is 8.42 Å². The molecule has 1 aliphatic carbocycles. The summed E-state index contributed by atoms with van der Waals surface area (Å²) in [6.45, 7) is 0. The zero-order valence-electron chi connectivity index (χ0n) is 8.44. The van der Waals surface area contributed by atoms with Crippen LogP contribution < -0.4 is 0 Å². The van der Waals surface area contributed by atoms with Gasteiger partial charge in [0, 0.05) is 13.1 Å². The van der Waals surface area contributed by atoms with Gasteiger partial charge in [0.05, 0.1) is 6.07 Å². The minimum Gasteiger partial charge on any atom is -0.211 e. The van der Waals surface area contributed by atoms with Crippen LogP contribution in [-0.4, -0.2) is 31.6 Å². The molecule has 0 radical (unpaired) electrons. The third-order valence-electron chi connectivity index (χ3n) is 2.77. The molecule has 1 rings (SSSR count). The van der Waals surface area contributed by atoms with Crippen LogP contribution in [0, 0.1) is 11.3 Å². The Balaban J connectivity index is 2.64. The third kappa shape index (κ3) is 2.69. The molecule has 1 fully saturated rings. The van der Waals surface area contributed by atoms with Crippen molar-refractivity contribution >= 4 is 10.0 Å². The molecular weight excluding hydrogens is 200 g/mol. The van der Waals surface area contributed by atoms with E-state index in [2.05, 4.69) is 0 Å². The first-order valence-electron chi connectivity index (χ1n) is 4.90. The molecule has 14 heavy (non-hydrogen) atoms. The van der Waals surface area contributed by atoms with E-state index in [1.807, 2.05) is 0 Å². The van der Waals surface area contributed by atoms with Crippen molar-refractivity contribution in [1.29, 1.82) is 5.26 Å². The summed E-state index contributed by atoms with van der Waals surface area (Å²) in [7, 11) is -1.75. The number of sulfonamides is 1. The predicted molar refractivity (Wildman–Crippen MR) is 54.0 cm³/mol. The first-order chi connectivity index (χ1) is 6.58. The van der Waals surface area contributed by atoms with E-state index in [1.165, 1.54) is 10.7 Å². The largest absolute Gasteiger partial charge is 0.227 e. The molecule has 0 aliphatic heterocycles. The van der Waals surface area contributed by atoms with Gasteiger partial charge >= 0.3 is 0 Å². The smallest absolute Gasteiger partial charge is 0.211 e. The van der Waals surface area contributed by atoms with E-state index in [-0.39, 0.29) is 6.04 Å². The molecule has 0 bridgehead atoms. The first kappa shape index (κ1) is 11.5. The number of nitriles is 1. The average molecular weight is 216 g/mol. The molecule has 0 aromatic rings. The fourth-order valence-electron chi connectivity index (χ4n) is 1.86. The summed E-state index contributed by atoms with van der Waals surface area (Å²) in [5.74, 6) is -0.403. The van der Waals surface area contributed by atoms with Crippen LogP contribution in [0.5, 0.6) is 0 Å². The lowest BCUT2D eigenvalue weighted by molar-refractivity contribution is 0.286. The van der Waals surface area contributed by atoms with Crippen LogP contribution in [-0.2, 0) is 10.0 Å². The Labute approximate surface area is 85.6 Å². The predicted octanol–water partition coefficient (Wildman–Crippen LogP) is 1.10. The molecule has 0 aromatic heterocycles. The van der Waals surface area contributed by atoms with Gasteiger partial charge in [-0.1, -0.05) is 19.3 Å². The van der Waals surface area contributed by atoms with E-state index >= 15 is 0 Å². The Morgan fingerprint density at radius 2 is 1.93 bits per heavy atom. The molecule has 1 aliphatic rings. The molecule has 0 heterocycles. The summed E-state index contributed by atoms with van der Waals surface area (Å²) >= 11 is 0. The van der Waals surface area contributed by atoms with Crippen LogP contribution >= 0.6 is 0 Å². The highest BCUT2D eigenvalue weighted by atomic mass is 32.2. The van der Waals surface area contributed by atoms with Gasteiger partial charge in [-0.05, 0) is 12.8 Å². The standard InChI is InChI=1S/C9H16N2O2S/c1-11(14(12,13)8-7-10)9-5-3-2-4-6-9/h9H,2-6,8H2,1H3. The Bertz CT molecular complexity index is 312. The number of rotatable bonds is 3.